The molecular formula is C72H81OP3. The molecule has 0 atom stereocenters. The van der Waals surface area contributed by atoms with E-state index in [1.807, 2.05) is 0 Å². The second-order valence-corrected chi connectivity index (χ2v) is 30.2. The average molecular weight is 1060 g/mol. The first-order valence-electron chi connectivity index (χ1n) is 28.8. The first-order chi connectivity index (χ1) is 37.0. The van der Waals surface area contributed by atoms with E-state index in [9.17, 15) is 0 Å². The minimum Gasteiger partial charge on any atom is -0.455 e. The van der Waals surface area contributed by atoms with Gasteiger partial charge in [0, 0.05) is 27.2 Å². The second kappa shape index (κ2) is 24.7. The van der Waals surface area contributed by atoms with E-state index < -0.39 is 15.8 Å². The lowest BCUT2D eigenvalue weighted by atomic mass is 9.76. The average Bonchev–Trinajstić information content (AvgIpc) is 3.48. The van der Waals surface area contributed by atoms with E-state index in [1.54, 1.807) is 27.6 Å². The van der Waals surface area contributed by atoms with Crippen LogP contribution in [0, 0.1) is 0 Å². The van der Waals surface area contributed by atoms with Crippen LogP contribution in [0.4, 0.5) is 0 Å². The standard InChI is InChI=1S/C39H32OP2.C33H49P/c1-39(2)33-25-15-27-35(41(29-17-7-3-8-18-29)30-19-9-4-10-20-30)37(33)40-38-34(39)26-16-28-36(38)42(31-21-11-5-12-22-31)32-23-13-6-14-24-32;1-23(2)26-21-30(24(3)4)33(31(22-26)25(5)6)29-19-13-14-20-32(29)34(27-15-9-7-10-16-27)28-17-11-8-12-18-28/h3-28H,1-2H3;13-14,19-25,27-28H,7-12,15-18H2,1-6H3. The van der Waals surface area contributed by atoms with Gasteiger partial charge in [0.15, 0.2) is 0 Å². The molecular weight excluding hydrogens is 974 g/mol. The molecule has 390 valence electrons. The Morgan fingerprint density at radius 2 is 0.750 bits per heavy atom. The smallest absolute Gasteiger partial charge is 0.139 e. The maximum Gasteiger partial charge on any atom is 0.139 e. The van der Waals surface area contributed by atoms with E-state index in [-0.39, 0.29) is 13.3 Å². The van der Waals surface area contributed by atoms with Gasteiger partial charge in [0.25, 0.3) is 0 Å². The van der Waals surface area contributed by atoms with Crippen LogP contribution >= 0.6 is 23.8 Å². The van der Waals surface area contributed by atoms with Crippen LogP contribution in [0.2, 0.25) is 0 Å². The molecule has 4 heteroatoms. The van der Waals surface area contributed by atoms with Crippen molar-refractivity contribution in [3.63, 3.8) is 0 Å². The molecule has 76 heavy (non-hydrogen) atoms. The molecule has 2 fully saturated rings. The van der Waals surface area contributed by atoms with Gasteiger partial charge in [-0.25, -0.2) is 0 Å². The fraction of sp³-hybridized carbons (Fsp3) is 0.333. The summed E-state index contributed by atoms with van der Waals surface area (Å²) in [5.74, 6) is 3.67. The largest absolute Gasteiger partial charge is 0.455 e. The molecule has 0 aromatic heterocycles. The van der Waals surface area contributed by atoms with E-state index in [0.29, 0.717) is 17.8 Å². The van der Waals surface area contributed by atoms with Gasteiger partial charge in [-0.15, -0.1) is 0 Å². The number of benzene rings is 8. The van der Waals surface area contributed by atoms with Crippen LogP contribution in [0.3, 0.4) is 0 Å². The van der Waals surface area contributed by atoms with Crippen LogP contribution in [-0.2, 0) is 5.41 Å². The molecule has 1 nitrogen and oxygen atoms in total. The number of hydrogen-bond acceptors (Lipinski definition) is 1. The molecule has 1 heterocycles. The van der Waals surface area contributed by atoms with E-state index in [2.05, 4.69) is 250 Å². The minimum atomic E-state index is -0.824. The highest BCUT2D eigenvalue weighted by Crippen LogP contribution is 2.57. The van der Waals surface area contributed by atoms with Crippen LogP contribution in [0.5, 0.6) is 11.5 Å². The maximum absolute atomic E-state index is 7.26. The SMILES string of the molecule is CC(C)c1cc(C(C)C)c(-c2ccccc2P(C2CCCCC2)C2CCCCC2)c(C(C)C)c1.CC1(C)c2cccc(P(c3ccccc3)c3ccccc3)c2Oc2c(P(c3ccccc3)c3ccccc3)cccc21. The second-order valence-electron chi connectivity index (χ2n) is 23.1. The lowest BCUT2D eigenvalue weighted by Gasteiger charge is -2.40. The fourth-order valence-corrected chi connectivity index (χ4v) is 21.3. The van der Waals surface area contributed by atoms with Crippen molar-refractivity contribution in [2.45, 2.75) is 154 Å². The third-order valence-corrected chi connectivity index (χ3v) is 25.1. The van der Waals surface area contributed by atoms with Crippen molar-refractivity contribution in [2.75, 3.05) is 0 Å². The van der Waals surface area contributed by atoms with E-state index >= 15 is 0 Å². The highest BCUT2D eigenvalue weighted by atomic mass is 31.1. The summed E-state index contributed by atoms with van der Waals surface area (Å²) in [6.45, 7) is 19.0. The van der Waals surface area contributed by atoms with Gasteiger partial charge in [-0.1, -0.05) is 296 Å². The molecule has 0 unspecified atom stereocenters. The Kier molecular flexibility index (Phi) is 17.6. The summed E-state index contributed by atoms with van der Waals surface area (Å²) in [5.41, 5.74) is 12.0. The predicted octanol–water partition coefficient (Wildman–Crippen LogP) is 18.1. The molecule has 8 aromatic rings. The summed E-state index contributed by atoms with van der Waals surface area (Å²) in [6.07, 6.45) is 14.6. The minimum absolute atomic E-state index is 0.120. The van der Waals surface area contributed by atoms with Crippen molar-refractivity contribution in [3.05, 3.63) is 222 Å². The number of hydrogen-bond donors (Lipinski definition) is 0. The van der Waals surface area contributed by atoms with Gasteiger partial charge in [-0.2, -0.15) is 0 Å². The van der Waals surface area contributed by atoms with Crippen LogP contribution < -0.4 is 41.9 Å². The summed E-state index contributed by atoms with van der Waals surface area (Å²) < 4.78 is 7.26. The maximum atomic E-state index is 7.26. The molecule has 1 aliphatic heterocycles. The Morgan fingerprint density at radius 1 is 0.395 bits per heavy atom. The van der Waals surface area contributed by atoms with Crippen LogP contribution in [0.25, 0.3) is 11.1 Å². The first kappa shape index (κ1) is 54.2. The summed E-state index contributed by atoms with van der Waals surface area (Å²) in [5, 5.41) is 9.56. The van der Waals surface area contributed by atoms with Crippen molar-refractivity contribution in [2.24, 2.45) is 0 Å². The first-order valence-corrected chi connectivity index (χ1v) is 33.0. The lowest BCUT2D eigenvalue weighted by Crippen LogP contribution is -2.32. The van der Waals surface area contributed by atoms with Crippen molar-refractivity contribution in [3.8, 4) is 22.6 Å². The molecule has 0 spiro atoms. The number of rotatable bonds is 13. The summed E-state index contributed by atoms with van der Waals surface area (Å²) >= 11 is 0. The molecule has 11 rings (SSSR count). The molecule has 0 radical (unpaired) electrons. The Hall–Kier alpha value is -5.15. The Balaban J connectivity index is 0.000000177. The van der Waals surface area contributed by atoms with Gasteiger partial charge in [0.1, 0.15) is 11.5 Å². The van der Waals surface area contributed by atoms with Gasteiger partial charge < -0.3 is 4.74 Å². The van der Waals surface area contributed by atoms with Gasteiger partial charge in [-0.05, 0) is 125 Å². The van der Waals surface area contributed by atoms with Gasteiger partial charge >= 0.3 is 0 Å². The summed E-state index contributed by atoms with van der Waals surface area (Å²) in [7, 11) is -1.77. The van der Waals surface area contributed by atoms with E-state index in [4.69, 9.17) is 4.74 Å². The summed E-state index contributed by atoms with van der Waals surface area (Å²) in [6, 6.07) is 72.0. The molecule has 0 amide bonds. The number of para-hydroxylation sites is 2. The molecule has 3 aliphatic rings. The van der Waals surface area contributed by atoms with E-state index in [1.165, 1.54) is 113 Å². The van der Waals surface area contributed by atoms with Crippen LogP contribution in [-0.4, -0.2) is 11.3 Å². The topological polar surface area (TPSA) is 9.23 Å². The Morgan fingerprint density at radius 3 is 1.12 bits per heavy atom. The monoisotopic (exact) mass is 1050 g/mol. The van der Waals surface area contributed by atoms with Crippen molar-refractivity contribution >= 4 is 60.9 Å². The molecule has 8 aromatic carbocycles. The zero-order valence-electron chi connectivity index (χ0n) is 46.7. The molecule has 0 bridgehead atoms. The normalized spacial score (nSPS) is 15.7. The molecule has 0 saturated heterocycles. The summed E-state index contributed by atoms with van der Waals surface area (Å²) in [4.78, 5) is 0. The van der Waals surface area contributed by atoms with Gasteiger partial charge in [0.05, 0.1) is 0 Å². The highest BCUT2D eigenvalue weighted by molar-refractivity contribution is 7.80. The molecule has 2 saturated carbocycles. The zero-order chi connectivity index (χ0) is 52.8. The van der Waals surface area contributed by atoms with Crippen molar-refractivity contribution in [1.82, 2.24) is 0 Å². The fourth-order valence-electron chi connectivity index (χ4n) is 12.6. The number of ether oxygens (including phenoxy) is 1. The quantitative estimate of drug-likeness (QED) is 0.105. The van der Waals surface area contributed by atoms with Crippen molar-refractivity contribution < 1.29 is 4.74 Å². The Labute approximate surface area is 461 Å². The van der Waals surface area contributed by atoms with E-state index in [0.717, 1.165) is 22.8 Å². The molecule has 2 aliphatic carbocycles. The van der Waals surface area contributed by atoms with Gasteiger partial charge in [-0.3, -0.25) is 0 Å². The third-order valence-electron chi connectivity index (χ3n) is 16.6. The van der Waals surface area contributed by atoms with Crippen LogP contribution in [0.1, 0.15) is 165 Å². The third kappa shape index (κ3) is 11.5. The zero-order valence-corrected chi connectivity index (χ0v) is 49.4. The van der Waals surface area contributed by atoms with Crippen molar-refractivity contribution in [1.29, 1.82) is 0 Å². The Bertz CT molecular complexity index is 2890. The highest BCUT2D eigenvalue weighted by Gasteiger charge is 2.40. The van der Waals surface area contributed by atoms with Gasteiger partial charge in [0.2, 0.25) is 0 Å². The predicted molar refractivity (Wildman–Crippen MR) is 337 cm³/mol. The van der Waals surface area contributed by atoms with Crippen LogP contribution in [0.15, 0.2) is 194 Å². The molecule has 0 N–H and O–H groups in total. The lowest BCUT2D eigenvalue weighted by molar-refractivity contribution is 0.425. The number of fused-ring (bicyclic) bond motifs is 2.